The Balaban J connectivity index is 0.695. The van der Waals surface area contributed by atoms with E-state index in [2.05, 4.69) is 36.6 Å². The van der Waals surface area contributed by atoms with Gasteiger partial charge in [0, 0.05) is 96.1 Å². The summed E-state index contributed by atoms with van der Waals surface area (Å²) in [4.78, 5) is 77.4. The number of hydrogen-bond acceptors (Lipinski definition) is 11. The number of nitrogens with zero attached hydrogens (tertiary/aromatic N) is 4. The van der Waals surface area contributed by atoms with Crippen molar-refractivity contribution >= 4 is 64.2 Å². The van der Waals surface area contributed by atoms with Crippen LogP contribution in [0.25, 0.3) is 11.3 Å². The molecule has 1 fully saturated rings. The summed E-state index contributed by atoms with van der Waals surface area (Å²) >= 11 is 6.34. The third-order valence-electron chi connectivity index (χ3n) is 11.3. The average Bonchev–Trinajstić information content (AvgIpc) is 3.53. The molecule has 3 aliphatic rings. The Hall–Kier alpha value is -6.95. The number of ether oxygens (including phenoxy) is 1. The van der Waals surface area contributed by atoms with Crippen molar-refractivity contribution in [1.82, 2.24) is 30.8 Å². The van der Waals surface area contributed by atoms with Gasteiger partial charge in [-0.2, -0.15) is 0 Å². The van der Waals surface area contributed by atoms with Gasteiger partial charge in [0.15, 0.2) is 0 Å². The van der Waals surface area contributed by atoms with Gasteiger partial charge in [0.25, 0.3) is 11.8 Å². The number of unbranched alkanes of at least 4 members (excludes halogenated alkanes) is 1. The number of hydrogen-bond donors (Lipinski definition) is 5. The lowest BCUT2D eigenvalue weighted by Crippen LogP contribution is -2.52. The Labute approximate surface area is 383 Å². The fourth-order valence-corrected chi connectivity index (χ4v) is 8.17. The summed E-state index contributed by atoms with van der Waals surface area (Å²) in [6.07, 6.45) is 4.63. The van der Waals surface area contributed by atoms with E-state index in [1.165, 1.54) is 23.1 Å². The standard InChI is InChI=1S/C48H46ClF2N9O6/c49-31-9-13-35-36(24-31)44(42-37(50)5-3-6-38(42)51)54-25-30-26-55-48(59-43(30)35)57-32-10-7-28(8-11-32)45(63)53-19-1-2-21-66-22-4-18-52-20-17-41(62)56-33-12-14-34-29(23-33)27-60(47(34)65)39-15-16-40(61)58-46(39)64/h3,5-14,23-24,26,39,52H,1-2,4,15-22,25,27H2,(H,53,63)(H,56,62)(H,55,57,59)(H,58,61,64). The summed E-state index contributed by atoms with van der Waals surface area (Å²) in [7, 11) is 0. The molecule has 5 N–H and O–H groups in total. The molecular weight excluding hydrogens is 872 g/mol. The van der Waals surface area contributed by atoms with Crippen LogP contribution in [0.2, 0.25) is 5.02 Å². The van der Waals surface area contributed by atoms with E-state index in [4.69, 9.17) is 21.3 Å². The highest BCUT2D eigenvalue weighted by molar-refractivity contribution is 6.31. The van der Waals surface area contributed by atoms with Gasteiger partial charge in [-0.25, -0.2) is 18.7 Å². The first kappa shape index (κ1) is 45.6. The van der Waals surface area contributed by atoms with Crippen LogP contribution in [0.5, 0.6) is 0 Å². The molecule has 0 saturated carbocycles. The maximum Gasteiger partial charge on any atom is 0.255 e. The van der Waals surface area contributed by atoms with Gasteiger partial charge >= 0.3 is 0 Å². The smallest absolute Gasteiger partial charge is 0.255 e. The van der Waals surface area contributed by atoms with Crippen molar-refractivity contribution in [2.45, 2.75) is 57.7 Å². The number of piperidine rings is 1. The van der Waals surface area contributed by atoms with Gasteiger partial charge in [-0.15, -0.1) is 0 Å². The van der Waals surface area contributed by atoms with E-state index in [0.717, 1.165) is 24.8 Å². The van der Waals surface area contributed by atoms with E-state index < -0.39 is 23.6 Å². The normalized spacial score (nSPS) is 15.3. The molecule has 1 atom stereocenters. The highest BCUT2D eigenvalue weighted by Crippen LogP contribution is 2.35. The van der Waals surface area contributed by atoms with Gasteiger partial charge in [0.2, 0.25) is 23.7 Å². The molecule has 66 heavy (non-hydrogen) atoms. The molecule has 340 valence electrons. The third kappa shape index (κ3) is 10.8. The van der Waals surface area contributed by atoms with Crippen molar-refractivity contribution in [3.63, 3.8) is 0 Å². The van der Waals surface area contributed by atoms with E-state index in [1.54, 1.807) is 66.9 Å². The number of carbonyl (C=O) groups excluding carboxylic acids is 5. The number of aliphatic imine (C=N–C) groups is 1. The van der Waals surface area contributed by atoms with Gasteiger partial charge in [-0.3, -0.25) is 34.3 Å². The molecule has 5 amide bonds. The van der Waals surface area contributed by atoms with Crippen molar-refractivity contribution in [1.29, 1.82) is 0 Å². The first-order chi connectivity index (χ1) is 32.0. The Morgan fingerprint density at radius 1 is 0.848 bits per heavy atom. The molecule has 0 aliphatic carbocycles. The molecule has 3 aliphatic heterocycles. The zero-order valence-corrected chi connectivity index (χ0v) is 36.5. The molecule has 0 bridgehead atoms. The van der Waals surface area contributed by atoms with Crippen molar-refractivity contribution in [3.05, 3.63) is 135 Å². The molecule has 0 spiro atoms. The Morgan fingerprint density at radius 2 is 1.62 bits per heavy atom. The largest absolute Gasteiger partial charge is 0.381 e. The third-order valence-corrected chi connectivity index (χ3v) is 11.6. The second-order valence-corrected chi connectivity index (χ2v) is 16.4. The van der Waals surface area contributed by atoms with Gasteiger partial charge in [0.1, 0.15) is 17.7 Å². The van der Waals surface area contributed by atoms with E-state index in [9.17, 15) is 32.8 Å². The molecule has 1 aromatic heterocycles. The lowest BCUT2D eigenvalue weighted by molar-refractivity contribution is -0.137. The molecule has 18 heteroatoms. The van der Waals surface area contributed by atoms with Crippen molar-refractivity contribution in [2.24, 2.45) is 4.99 Å². The quantitative estimate of drug-likeness (QED) is 0.0481. The maximum absolute atomic E-state index is 14.9. The number of nitrogens with one attached hydrogen (secondary N) is 5. The number of anilines is 3. The highest BCUT2D eigenvalue weighted by Gasteiger charge is 2.39. The minimum absolute atomic E-state index is 0.0942. The van der Waals surface area contributed by atoms with E-state index >= 15 is 0 Å². The van der Waals surface area contributed by atoms with Crippen LogP contribution in [0.3, 0.4) is 0 Å². The molecule has 0 radical (unpaired) electrons. The second-order valence-electron chi connectivity index (χ2n) is 16.0. The fraction of sp³-hybridized carbons (Fsp3) is 0.292. The molecule has 1 saturated heterocycles. The zero-order valence-electron chi connectivity index (χ0n) is 35.7. The van der Waals surface area contributed by atoms with Crippen molar-refractivity contribution in [3.8, 4) is 11.3 Å². The summed E-state index contributed by atoms with van der Waals surface area (Å²) in [5.74, 6) is -2.64. The minimum atomic E-state index is -0.736. The lowest BCUT2D eigenvalue weighted by Gasteiger charge is -2.29. The Bertz CT molecular complexity index is 2700. The Morgan fingerprint density at radius 3 is 2.42 bits per heavy atom. The van der Waals surface area contributed by atoms with E-state index in [0.29, 0.717) is 82.8 Å². The molecule has 4 aromatic carbocycles. The summed E-state index contributed by atoms with van der Waals surface area (Å²) in [5.41, 5.74) is 5.06. The van der Waals surface area contributed by atoms with E-state index in [1.807, 2.05) is 0 Å². The zero-order chi connectivity index (χ0) is 46.2. The summed E-state index contributed by atoms with van der Waals surface area (Å²) in [6.45, 7) is 3.09. The molecule has 5 aromatic rings. The fourth-order valence-electron chi connectivity index (χ4n) is 7.99. The summed E-state index contributed by atoms with van der Waals surface area (Å²) < 4.78 is 35.6. The van der Waals surface area contributed by atoms with Crippen LogP contribution < -0.4 is 26.6 Å². The second kappa shape index (κ2) is 20.9. The first-order valence-corrected chi connectivity index (χ1v) is 22.1. The monoisotopic (exact) mass is 917 g/mol. The van der Waals surface area contributed by atoms with Gasteiger partial charge < -0.3 is 30.9 Å². The number of amides is 5. The van der Waals surface area contributed by atoms with Gasteiger partial charge in [0.05, 0.1) is 23.5 Å². The minimum Gasteiger partial charge on any atom is -0.381 e. The van der Waals surface area contributed by atoms with Crippen LogP contribution in [-0.4, -0.2) is 89.0 Å². The highest BCUT2D eigenvalue weighted by atomic mass is 35.5. The van der Waals surface area contributed by atoms with Gasteiger partial charge in [-0.1, -0.05) is 23.7 Å². The van der Waals surface area contributed by atoms with Gasteiger partial charge in [-0.05, 0) is 105 Å². The summed E-state index contributed by atoms with van der Waals surface area (Å²) in [6, 6.07) is 20.0. The van der Waals surface area contributed by atoms with E-state index in [-0.39, 0.29) is 73.2 Å². The van der Waals surface area contributed by atoms with Crippen LogP contribution in [-0.2, 0) is 32.2 Å². The topological polar surface area (TPSA) is 196 Å². The van der Waals surface area contributed by atoms with Crippen LogP contribution in [0.15, 0.2) is 90.1 Å². The maximum atomic E-state index is 14.9. The van der Waals surface area contributed by atoms with Crippen molar-refractivity contribution in [2.75, 3.05) is 43.5 Å². The van der Waals surface area contributed by atoms with Crippen LogP contribution in [0.1, 0.15) is 81.5 Å². The average molecular weight is 918 g/mol. The lowest BCUT2D eigenvalue weighted by atomic mass is 9.95. The molecule has 1 unspecified atom stereocenters. The number of carbonyl (C=O) groups is 5. The molecule has 4 heterocycles. The predicted molar refractivity (Wildman–Crippen MR) is 244 cm³/mol. The number of halogens is 3. The van der Waals surface area contributed by atoms with Crippen LogP contribution in [0, 0.1) is 11.6 Å². The van der Waals surface area contributed by atoms with Crippen molar-refractivity contribution < 1.29 is 37.5 Å². The number of aromatic nitrogens is 2. The molecular formula is C48H46ClF2N9O6. The number of benzene rings is 4. The predicted octanol–water partition coefficient (Wildman–Crippen LogP) is 6.47. The molecule has 8 rings (SSSR count). The molecule has 15 nitrogen and oxygen atoms in total. The first-order valence-electron chi connectivity index (χ1n) is 21.7. The van der Waals surface area contributed by atoms with Crippen LogP contribution in [0.4, 0.5) is 26.1 Å². The SMILES string of the molecule is O=C1CCC(N2Cc3cc(NC(=O)CCNCCCOCCCCNC(=O)c4ccc(Nc5ncc6c(n5)-c5ccc(Cl)cc5C(c5c(F)cccc5F)=NC6)cc4)ccc3C2=O)C(=O)N1. The number of rotatable bonds is 18. The number of fused-ring (bicyclic) bond motifs is 4. The summed E-state index contributed by atoms with van der Waals surface area (Å²) in [5, 5.41) is 14.9. The van der Waals surface area contributed by atoms with Crippen LogP contribution >= 0.6 is 11.6 Å². The Kier molecular flexibility index (Phi) is 14.5. The number of imide groups is 1.